The number of carbonyl (C=O) groups is 1. The van der Waals surface area contributed by atoms with Gasteiger partial charge in [-0.25, -0.2) is 4.79 Å². The summed E-state index contributed by atoms with van der Waals surface area (Å²) in [6, 6.07) is 23.1. The number of halogens is 2. The minimum atomic E-state index is -1.06. The van der Waals surface area contributed by atoms with Crippen molar-refractivity contribution in [2.45, 2.75) is 37.9 Å². The van der Waals surface area contributed by atoms with Gasteiger partial charge in [-0.1, -0.05) is 41.9 Å². The second-order valence-corrected chi connectivity index (χ2v) is 13.9. The van der Waals surface area contributed by atoms with Crippen molar-refractivity contribution in [2.24, 2.45) is 0 Å². The molecule has 7 N–H and O–H groups in total. The summed E-state index contributed by atoms with van der Waals surface area (Å²) in [6.07, 6.45) is 1.18. The highest BCUT2D eigenvalue weighted by atomic mass is 35.5. The zero-order valence-electron chi connectivity index (χ0n) is 30.0. The minimum absolute atomic E-state index is 0. The molecular formula is C41H42Cl2N2O10. The smallest absolute Gasteiger partial charge is 0.338 e. The van der Waals surface area contributed by atoms with Gasteiger partial charge in [-0.05, 0) is 93.5 Å². The van der Waals surface area contributed by atoms with E-state index in [4.69, 9.17) is 21.1 Å². The average molecular weight is 794 g/mol. The van der Waals surface area contributed by atoms with E-state index in [1.54, 1.807) is 0 Å². The van der Waals surface area contributed by atoms with Crippen LogP contribution < -0.4 is 9.64 Å². The molecule has 0 amide bonds. The number of anilines is 2. The van der Waals surface area contributed by atoms with Crippen LogP contribution in [0.15, 0.2) is 84.9 Å². The van der Waals surface area contributed by atoms with Gasteiger partial charge in [0, 0.05) is 52.6 Å². The second-order valence-electron chi connectivity index (χ2n) is 13.4. The number of para-hydroxylation sites is 1. The molecule has 2 atom stereocenters. The number of fused-ring (bicyclic) bond motifs is 3. The lowest BCUT2D eigenvalue weighted by atomic mass is 9.93. The quantitative estimate of drug-likeness (QED) is 0.0638. The molecule has 0 spiro atoms. The first kappa shape index (κ1) is 40.5. The number of carbonyl (C=O) groups excluding carboxylic acids is 1. The Labute approximate surface area is 329 Å². The Bertz CT molecular complexity index is 2160. The van der Waals surface area contributed by atoms with E-state index in [2.05, 4.69) is 60.3 Å². The Balaban J connectivity index is 0.000000221. The standard InChI is InChI=1S/C22H18O10.C19H23ClN2.ClH/c23-11-6-14(25)12-8-19(32-22(30)10-4-16(27)20(29)17(28)5-10)21(31-18(12)7-11)9-1-2-13(24)15(26)3-9;1-21(2)12-5-13-22-18-7-4-3-6-15(18)8-9-16-10-11-17(20)14-19(16)22;/h1-7,19,21,23-29H,8H2;3-4,6-7,10-11,14H,5,8-9,12-13H2,1-2H3;1H. The lowest BCUT2D eigenvalue weighted by Gasteiger charge is -2.34. The molecule has 0 saturated heterocycles. The molecule has 2 heterocycles. The van der Waals surface area contributed by atoms with Gasteiger partial charge in [0.05, 0.1) is 5.56 Å². The van der Waals surface area contributed by atoms with Crippen LogP contribution in [0.4, 0.5) is 11.4 Å². The van der Waals surface area contributed by atoms with Crippen LogP contribution in [0.1, 0.15) is 45.1 Å². The van der Waals surface area contributed by atoms with Crippen molar-refractivity contribution in [1.29, 1.82) is 0 Å². The Morgan fingerprint density at radius 2 is 1.49 bits per heavy atom. The monoisotopic (exact) mass is 792 g/mol. The minimum Gasteiger partial charge on any atom is -0.508 e. The summed E-state index contributed by atoms with van der Waals surface area (Å²) >= 11 is 6.27. The Morgan fingerprint density at radius 3 is 2.18 bits per heavy atom. The van der Waals surface area contributed by atoms with Crippen LogP contribution in [0.2, 0.25) is 5.02 Å². The molecule has 5 aromatic rings. The van der Waals surface area contributed by atoms with Crippen LogP contribution in [0, 0.1) is 0 Å². The van der Waals surface area contributed by atoms with Crippen LogP contribution in [0.3, 0.4) is 0 Å². The zero-order valence-corrected chi connectivity index (χ0v) is 31.6. The number of nitrogens with zero attached hydrogens (tertiary/aromatic N) is 2. The van der Waals surface area contributed by atoms with Crippen molar-refractivity contribution in [3.05, 3.63) is 118 Å². The van der Waals surface area contributed by atoms with Gasteiger partial charge in [0.1, 0.15) is 23.4 Å². The first-order valence-electron chi connectivity index (χ1n) is 17.3. The number of rotatable bonds is 7. The van der Waals surface area contributed by atoms with Gasteiger partial charge < -0.3 is 55.0 Å². The molecule has 0 saturated carbocycles. The van der Waals surface area contributed by atoms with Crippen molar-refractivity contribution in [2.75, 3.05) is 32.1 Å². The molecule has 7 rings (SSSR count). The summed E-state index contributed by atoms with van der Waals surface area (Å²) in [5, 5.41) is 69.1. The molecule has 0 aromatic heterocycles. The summed E-state index contributed by atoms with van der Waals surface area (Å²) < 4.78 is 11.4. The average Bonchev–Trinajstić information content (AvgIpc) is 3.28. The zero-order chi connectivity index (χ0) is 38.7. The number of phenolic OH excluding ortho intramolecular Hbond substituents is 7. The molecule has 0 fully saturated rings. The molecule has 290 valence electrons. The highest BCUT2D eigenvalue weighted by Gasteiger charge is 2.37. The van der Waals surface area contributed by atoms with Gasteiger partial charge in [-0.2, -0.15) is 0 Å². The molecule has 55 heavy (non-hydrogen) atoms. The third-order valence-corrected chi connectivity index (χ3v) is 9.57. The molecule has 12 nitrogen and oxygen atoms in total. The molecule has 2 aliphatic rings. The van der Waals surface area contributed by atoms with Gasteiger partial charge >= 0.3 is 5.97 Å². The summed E-state index contributed by atoms with van der Waals surface area (Å²) in [5.74, 6) is -4.43. The predicted molar refractivity (Wildman–Crippen MR) is 210 cm³/mol. The second kappa shape index (κ2) is 17.2. The number of hydrogen-bond donors (Lipinski definition) is 7. The van der Waals surface area contributed by atoms with Gasteiger partial charge in [0.15, 0.2) is 34.9 Å². The molecule has 2 aliphatic heterocycles. The van der Waals surface area contributed by atoms with E-state index in [1.807, 2.05) is 6.07 Å². The van der Waals surface area contributed by atoms with Gasteiger partial charge in [0.2, 0.25) is 0 Å². The largest absolute Gasteiger partial charge is 0.508 e. The van der Waals surface area contributed by atoms with E-state index in [0.717, 1.165) is 55.6 Å². The topological polar surface area (TPSA) is 184 Å². The van der Waals surface area contributed by atoms with E-state index < -0.39 is 41.2 Å². The molecule has 5 aromatic carbocycles. The van der Waals surface area contributed by atoms with Crippen LogP contribution in [0.5, 0.6) is 46.0 Å². The first-order chi connectivity index (χ1) is 25.8. The predicted octanol–water partition coefficient (Wildman–Crippen LogP) is 7.48. The number of ether oxygens (including phenoxy) is 2. The molecule has 2 unspecified atom stereocenters. The number of aryl methyl sites for hydroxylation is 2. The van der Waals surface area contributed by atoms with E-state index in [9.17, 15) is 40.5 Å². The fourth-order valence-electron chi connectivity index (χ4n) is 6.65. The van der Waals surface area contributed by atoms with E-state index >= 15 is 0 Å². The first-order valence-corrected chi connectivity index (χ1v) is 17.6. The third-order valence-electron chi connectivity index (χ3n) is 9.33. The van der Waals surface area contributed by atoms with Gasteiger partial charge in [-0.15, -0.1) is 12.4 Å². The van der Waals surface area contributed by atoms with E-state index in [0.29, 0.717) is 5.56 Å². The number of benzene rings is 5. The van der Waals surface area contributed by atoms with Crippen LogP contribution in [-0.4, -0.2) is 79.9 Å². The lowest BCUT2D eigenvalue weighted by molar-refractivity contribution is -0.0189. The fraction of sp³-hybridized carbons (Fsp3) is 0.244. The Morgan fingerprint density at radius 1 is 0.800 bits per heavy atom. The Hall–Kier alpha value is -5.69. The molecular weight excluding hydrogens is 751 g/mol. The molecule has 14 heteroatoms. The van der Waals surface area contributed by atoms with Crippen LogP contribution >= 0.6 is 24.0 Å². The highest BCUT2D eigenvalue weighted by molar-refractivity contribution is 6.30. The number of hydrogen-bond acceptors (Lipinski definition) is 12. The SMILES string of the molecule is CN(C)CCCN1c2ccccc2CCc2ccc(Cl)cc21.Cl.O=C(OC1Cc2c(O)cc(O)cc2OC1c1ccc(O)c(O)c1)c1cc(O)c(O)c(O)c1. The normalized spacial score (nSPS) is 15.5. The summed E-state index contributed by atoms with van der Waals surface area (Å²) in [5.41, 5.74) is 5.76. The maximum Gasteiger partial charge on any atom is 0.338 e. The van der Waals surface area contributed by atoms with Crippen molar-refractivity contribution in [3.8, 4) is 46.0 Å². The lowest BCUT2D eigenvalue weighted by Crippen LogP contribution is -2.34. The summed E-state index contributed by atoms with van der Waals surface area (Å²) in [6.45, 7) is 2.11. The number of phenols is 7. The van der Waals surface area contributed by atoms with Crippen LogP contribution in [0.25, 0.3) is 0 Å². The molecule has 0 bridgehead atoms. The third kappa shape index (κ3) is 9.17. The molecule has 0 radical (unpaired) electrons. The van der Waals surface area contributed by atoms with Crippen molar-refractivity contribution in [3.63, 3.8) is 0 Å². The van der Waals surface area contributed by atoms with Crippen molar-refractivity contribution >= 4 is 41.4 Å². The van der Waals surface area contributed by atoms with E-state index in [1.165, 1.54) is 46.8 Å². The molecule has 0 aliphatic carbocycles. The maximum atomic E-state index is 12.7. The van der Waals surface area contributed by atoms with Crippen LogP contribution in [-0.2, 0) is 24.0 Å². The van der Waals surface area contributed by atoms with Gasteiger partial charge in [-0.3, -0.25) is 0 Å². The number of esters is 1. The summed E-state index contributed by atoms with van der Waals surface area (Å²) in [4.78, 5) is 17.4. The number of aromatic hydroxyl groups is 7. The van der Waals surface area contributed by atoms with Gasteiger partial charge in [0.25, 0.3) is 0 Å². The van der Waals surface area contributed by atoms with E-state index in [-0.39, 0.29) is 53.0 Å². The van der Waals surface area contributed by atoms with Crippen molar-refractivity contribution in [1.82, 2.24) is 4.90 Å². The van der Waals surface area contributed by atoms with Crippen molar-refractivity contribution < 1.29 is 50.0 Å². The maximum absolute atomic E-state index is 12.7. The highest BCUT2D eigenvalue weighted by Crippen LogP contribution is 2.44. The summed E-state index contributed by atoms with van der Waals surface area (Å²) in [7, 11) is 4.25. The Kier molecular flexibility index (Phi) is 12.7. The fourth-order valence-corrected chi connectivity index (χ4v) is 6.82.